The largest absolute Gasteiger partial charge is 0.339 e. The van der Waals surface area contributed by atoms with E-state index in [1.165, 1.54) is 11.8 Å². The van der Waals surface area contributed by atoms with Gasteiger partial charge in [0.15, 0.2) is 0 Å². The fourth-order valence-electron chi connectivity index (χ4n) is 4.79. The first kappa shape index (κ1) is 23.2. The van der Waals surface area contributed by atoms with Crippen LogP contribution in [-0.2, 0) is 4.79 Å². The highest BCUT2D eigenvalue weighted by Crippen LogP contribution is 2.33. The zero-order valence-electron chi connectivity index (χ0n) is 19.8. The summed E-state index contributed by atoms with van der Waals surface area (Å²) in [6, 6.07) is 19.1. The zero-order valence-corrected chi connectivity index (χ0v) is 19.8. The molecule has 2 aliphatic heterocycles. The third kappa shape index (κ3) is 4.82. The van der Waals surface area contributed by atoms with E-state index in [1.54, 1.807) is 17.9 Å². The molecule has 0 bridgehead atoms. The third-order valence-electron chi connectivity index (χ3n) is 7.03. The maximum atomic E-state index is 13.8. The summed E-state index contributed by atoms with van der Waals surface area (Å²) in [5.74, 6) is -0.205. The molecule has 2 amide bonds. The molecule has 2 saturated heterocycles. The number of halogens is 1. The summed E-state index contributed by atoms with van der Waals surface area (Å²) in [6.07, 6.45) is 3.21. The standard InChI is InChI=1S/C28H29FN4O2/c1-19-15-25(18-31-26(19)29)33(28(35)23-16-30-17-23)24-9-7-20(8-10-24)21-11-13-32(14-12-21)27(34)22-5-3-2-4-6-22/h2-10,15,18,21,23,30H,11-14,16-17H2,1H3. The molecule has 0 saturated carbocycles. The van der Waals surface area contributed by atoms with E-state index in [4.69, 9.17) is 0 Å². The second-order valence-corrected chi connectivity index (χ2v) is 9.35. The van der Waals surface area contributed by atoms with Gasteiger partial charge in [-0.2, -0.15) is 4.39 Å². The molecule has 0 atom stereocenters. The van der Waals surface area contributed by atoms with E-state index in [1.807, 2.05) is 47.4 Å². The third-order valence-corrected chi connectivity index (χ3v) is 7.03. The minimum atomic E-state index is -0.529. The van der Waals surface area contributed by atoms with Gasteiger partial charge in [0.1, 0.15) is 0 Å². The summed E-state index contributed by atoms with van der Waals surface area (Å²) in [7, 11) is 0. The number of anilines is 2. The van der Waals surface area contributed by atoms with Gasteiger partial charge in [-0.25, -0.2) is 4.98 Å². The summed E-state index contributed by atoms with van der Waals surface area (Å²) in [5, 5.41) is 3.14. The molecule has 0 aliphatic carbocycles. The van der Waals surface area contributed by atoms with Crippen LogP contribution >= 0.6 is 0 Å². The van der Waals surface area contributed by atoms with Crippen LogP contribution in [0.4, 0.5) is 15.8 Å². The Kier molecular flexibility index (Phi) is 6.59. The van der Waals surface area contributed by atoms with E-state index in [-0.39, 0.29) is 17.7 Å². The van der Waals surface area contributed by atoms with E-state index in [9.17, 15) is 14.0 Å². The normalized spacial score (nSPS) is 16.6. The van der Waals surface area contributed by atoms with E-state index < -0.39 is 5.95 Å². The van der Waals surface area contributed by atoms with E-state index in [2.05, 4.69) is 22.4 Å². The molecule has 6 nitrogen and oxygen atoms in total. The molecule has 7 heteroatoms. The lowest BCUT2D eigenvalue weighted by atomic mass is 9.89. The second kappa shape index (κ2) is 9.96. The highest BCUT2D eigenvalue weighted by Gasteiger charge is 2.32. The maximum Gasteiger partial charge on any atom is 0.253 e. The number of piperidine rings is 1. The molecule has 2 aromatic carbocycles. The minimum Gasteiger partial charge on any atom is -0.339 e. The molecule has 1 N–H and O–H groups in total. The van der Waals surface area contributed by atoms with Crippen LogP contribution in [0, 0.1) is 18.8 Å². The van der Waals surface area contributed by atoms with Crippen LogP contribution in [0.1, 0.15) is 40.2 Å². The SMILES string of the molecule is Cc1cc(N(C(=O)C2CNC2)c2ccc(C3CCN(C(=O)c4ccccc4)CC3)cc2)cnc1F. The lowest BCUT2D eigenvalue weighted by Crippen LogP contribution is -2.51. The van der Waals surface area contributed by atoms with Gasteiger partial charge in [-0.1, -0.05) is 30.3 Å². The monoisotopic (exact) mass is 472 g/mol. The van der Waals surface area contributed by atoms with Crippen LogP contribution in [0.3, 0.4) is 0 Å². The Balaban J connectivity index is 1.31. The molecule has 0 radical (unpaired) electrons. The smallest absolute Gasteiger partial charge is 0.253 e. The number of benzene rings is 2. The van der Waals surface area contributed by atoms with Crippen molar-refractivity contribution in [1.29, 1.82) is 0 Å². The van der Waals surface area contributed by atoms with Gasteiger partial charge in [0.2, 0.25) is 11.9 Å². The van der Waals surface area contributed by atoms with Crippen molar-refractivity contribution in [3.05, 3.63) is 89.5 Å². The average molecular weight is 473 g/mol. The first-order valence-corrected chi connectivity index (χ1v) is 12.1. The Morgan fingerprint density at radius 2 is 1.69 bits per heavy atom. The van der Waals surface area contributed by atoms with Crippen molar-refractivity contribution in [2.75, 3.05) is 31.1 Å². The Morgan fingerprint density at radius 1 is 1.00 bits per heavy atom. The van der Waals surface area contributed by atoms with Crippen LogP contribution in [0.25, 0.3) is 0 Å². The molecule has 180 valence electrons. The van der Waals surface area contributed by atoms with Crippen molar-refractivity contribution < 1.29 is 14.0 Å². The molecule has 2 fully saturated rings. The Labute approximate surface area is 204 Å². The predicted octanol–water partition coefficient (Wildman–Crippen LogP) is 4.43. The molecule has 1 aromatic heterocycles. The predicted molar refractivity (Wildman–Crippen MR) is 133 cm³/mol. The Hall–Kier alpha value is -3.58. The van der Waals surface area contributed by atoms with Gasteiger partial charge in [0.05, 0.1) is 17.8 Å². The van der Waals surface area contributed by atoms with Crippen LogP contribution in [0.2, 0.25) is 0 Å². The number of aromatic nitrogens is 1. The number of carbonyl (C=O) groups is 2. The van der Waals surface area contributed by atoms with Gasteiger partial charge in [-0.15, -0.1) is 0 Å². The molecule has 0 unspecified atom stereocenters. The zero-order chi connectivity index (χ0) is 24.4. The van der Waals surface area contributed by atoms with Gasteiger partial charge in [-0.3, -0.25) is 14.5 Å². The molecule has 3 aromatic rings. The summed E-state index contributed by atoms with van der Waals surface area (Å²) >= 11 is 0. The average Bonchev–Trinajstić information content (AvgIpc) is 2.86. The fourth-order valence-corrected chi connectivity index (χ4v) is 4.79. The molecule has 0 spiro atoms. The number of rotatable bonds is 5. The number of nitrogens with one attached hydrogen (secondary N) is 1. The number of nitrogens with zero attached hydrogens (tertiary/aromatic N) is 3. The molecular weight excluding hydrogens is 443 g/mol. The second-order valence-electron chi connectivity index (χ2n) is 9.35. The van der Waals surface area contributed by atoms with Crippen molar-refractivity contribution in [1.82, 2.24) is 15.2 Å². The fraction of sp³-hybridized carbons (Fsp3) is 0.321. The molecular formula is C28H29FN4O2. The van der Waals surface area contributed by atoms with Crippen molar-refractivity contribution in [3.63, 3.8) is 0 Å². The quantitative estimate of drug-likeness (QED) is 0.558. The Morgan fingerprint density at radius 3 is 2.29 bits per heavy atom. The summed E-state index contributed by atoms with van der Waals surface area (Å²) < 4.78 is 13.8. The van der Waals surface area contributed by atoms with Crippen molar-refractivity contribution >= 4 is 23.2 Å². The lowest BCUT2D eigenvalue weighted by molar-refractivity contribution is -0.123. The van der Waals surface area contributed by atoms with E-state index in [0.29, 0.717) is 30.3 Å². The van der Waals surface area contributed by atoms with Gasteiger partial charge in [0.25, 0.3) is 5.91 Å². The lowest BCUT2D eigenvalue weighted by Gasteiger charge is -2.33. The topological polar surface area (TPSA) is 65.5 Å². The van der Waals surface area contributed by atoms with Crippen LogP contribution in [0.5, 0.6) is 0 Å². The first-order chi connectivity index (χ1) is 17.0. The van der Waals surface area contributed by atoms with Crippen LogP contribution in [-0.4, -0.2) is 47.9 Å². The van der Waals surface area contributed by atoms with E-state index >= 15 is 0 Å². The first-order valence-electron chi connectivity index (χ1n) is 12.1. The van der Waals surface area contributed by atoms with Gasteiger partial charge in [0, 0.05) is 43.0 Å². The van der Waals surface area contributed by atoms with Crippen LogP contribution in [0.15, 0.2) is 66.9 Å². The van der Waals surface area contributed by atoms with Gasteiger partial charge >= 0.3 is 0 Å². The number of aryl methyl sites for hydroxylation is 1. The molecule has 35 heavy (non-hydrogen) atoms. The number of likely N-dealkylation sites (tertiary alicyclic amines) is 1. The molecule has 3 heterocycles. The van der Waals surface area contributed by atoms with Gasteiger partial charge in [-0.05, 0) is 61.6 Å². The number of hydrogen-bond donors (Lipinski definition) is 1. The number of amides is 2. The van der Waals surface area contributed by atoms with E-state index in [0.717, 1.165) is 37.2 Å². The highest BCUT2D eigenvalue weighted by molar-refractivity contribution is 6.02. The van der Waals surface area contributed by atoms with Crippen molar-refractivity contribution in [2.24, 2.45) is 5.92 Å². The summed E-state index contributed by atoms with van der Waals surface area (Å²) in [4.78, 5) is 33.4. The number of hydrogen-bond acceptors (Lipinski definition) is 4. The molecule has 5 rings (SSSR count). The summed E-state index contributed by atoms with van der Waals surface area (Å²) in [5.41, 5.74) is 3.65. The molecule has 2 aliphatic rings. The van der Waals surface area contributed by atoms with Crippen molar-refractivity contribution in [3.8, 4) is 0 Å². The number of carbonyl (C=O) groups excluding carboxylic acids is 2. The highest BCUT2D eigenvalue weighted by atomic mass is 19.1. The maximum absolute atomic E-state index is 13.8. The van der Waals surface area contributed by atoms with Gasteiger partial charge < -0.3 is 10.2 Å². The van der Waals surface area contributed by atoms with Crippen LogP contribution < -0.4 is 10.2 Å². The summed E-state index contributed by atoms with van der Waals surface area (Å²) in [6.45, 7) is 4.37. The van der Waals surface area contributed by atoms with Crippen molar-refractivity contribution in [2.45, 2.75) is 25.7 Å². The minimum absolute atomic E-state index is 0.0166. The number of pyridine rings is 1. The Bertz CT molecular complexity index is 1200.